The van der Waals surface area contributed by atoms with E-state index < -0.39 is 0 Å². The summed E-state index contributed by atoms with van der Waals surface area (Å²) in [4.78, 5) is 12.7. The average Bonchev–Trinajstić information content (AvgIpc) is 3.11. The number of hydrogen-bond donors (Lipinski definition) is 2. The predicted molar refractivity (Wildman–Crippen MR) is 103 cm³/mol. The van der Waals surface area contributed by atoms with Crippen LogP contribution in [0.15, 0.2) is 49.1 Å². The molecule has 0 atom stereocenters. The maximum absolute atomic E-state index is 9.01. The monoisotopic (exact) mass is 376 g/mol. The van der Waals surface area contributed by atoms with Crippen LogP contribution in [0.3, 0.4) is 0 Å². The first-order valence-corrected chi connectivity index (χ1v) is 8.36. The summed E-state index contributed by atoms with van der Waals surface area (Å²) >= 11 is 6.34. The lowest BCUT2D eigenvalue weighted by Crippen LogP contribution is -2.01. The van der Waals surface area contributed by atoms with E-state index in [2.05, 4.69) is 36.8 Å². The van der Waals surface area contributed by atoms with Crippen LogP contribution < -0.4 is 10.6 Å². The van der Waals surface area contributed by atoms with Crippen molar-refractivity contribution in [3.8, 4) is 11.8 Å². The lowest BCUT2D eigenvalue weighted by molar-refractivity contribution is 0.910. The SMILES string of the molecule is CNc1cc(Nc2cc3c(cn2)cnn3-c2ccc(C#N)cc2Cl)ncn1. The van der Waals surface area contributed by atoms with Crippen LogP contribution in [0.2, 0.25) is 5.02 Å². The molecule has 0 radical (unpaired) electrons. The number of nitriles is 1. The van der Waals surface area contributed by atoms with Crippen molar-refractivity contribution in [1.82, 2.24) is 24.7 Å². The van der Waals surface area contributed by atoms with E-state index >= 15 is 0 Å². The zero-order valence-corrected chi connectivity index (χ0v) is 14.9. The van der Waals surface area contributed by atoms with Crippen molar-refractivity contribution in [2.24, 2.45) is 0 Å². The van der Waals surface area contributed by atoms with E-state index in [1.807, 2.05) is 6.07 Å². The molecular formula is C18H13ClN8. The quantitative estimate of drug-likeness (QED) is 0.561. The van der Waals surface area contributed by atoms with Gasteiger partial charge in [-0.1, -0.05) is 11.6 Å². The summed E-state index contributed by atoms with van der Waals surface area (Å²) in [5.41, 5.74) is 2.00. The molecule has 0 aliphatic heterocycles. The Morgan fingerprint density at radius 3 is 2.63 bits per heavy atom. The number of nitrogens with one attached hydrogen (secondary N) is 2. The molecule has 0 spiro atoms. The highest BCUT2D eigenvalue weighted by Crippen LogP contribution is 2.27. The Hall–Kier alpha value is -3.70. The van der Waals surface area contributed by atoms with E-state index in [9.17, 15) is 0 Å². The third-order valence-electron chi connectivity index (χ3n) is 3.94. The van der Waals surface area contributed by atoms with Crippen molar-refractivity contribution in [3.63, 3.8) is 0 Å². The molecule has 0 aliphatic carbocycles. The number of halogens is 1. The minimum Gasteiger partial charge on any atom is -0.373 e. The second kappa shape index (κ2) is 6.90. The van der Waals surface area contributed by atoms with Crippen LogP contribution in [0.4, 0.5) is 17.5 Å². The van der Waals surface area contributed by atoms with Crippen molar-refractivity contribution < 1.29 is 0 Å². The molecule has 0 saturated heterocycles. The molecule has 0 aliphatic rings. The van der Waals surface area contributed by atoms with Crippen LogP contribution in [0.5, 0.6) is 0 Å². The first kappa shape index (κ1) is 16.8. The minimum atomic E-state index is 0.444. The molecule has 0 saturated carbocycles. The normalized spacial score (nSPS) is 10.6. The summed E-state index contributed by atoms with van der Waals surface area (Å²) in [7, 11) is 1.79. The number of fused-ring (bicyclic) bond motifs is 1. The molecule has 0 unspecified atom stereocenters. The van der Waals surface area contributed by atoms with Crippen LogP contribution >= 0.6 is 11.6 Å². The average molecular weight is 377 g/mol. The van der Waals surface area contributed by atoms with E-state index in [0.717, 1.165) is 10.9 Å². The Labute approximate surface area is 159 Å². The zero-order chi connectivity index (χ0) is 18.8. The highest BCUT2D eigenvalue weighted by molar-refractivity contribution is 6.32. The van der Waals surface area contributed by atoms with Crippen molar-refractivity contribution in [3.05, 3.63) is 59.6 Å². The molecule has 3 heterocycles. The molecule has 0 bridgehead atoms. The summed E-state index contributed by atoms with van der Waals surface area (Å²) in [6, 6.07) is 10.8. The summed E-state index contributed by atoms with van der Waals surface area (Å²) in [5, 5.41) is 20.8. The van der Waals surface area contributed by atoms with Crippen LogP contribution in [0, 0.1) is 11.3 Å². The van der Waals surface area contributed by atoms with Gasteiger partial charge in [-0.05, 0) is 18.2 Å². The van der Waals surface area contributed by atoms with Gasteiger partial charge in [0.05, 0.1) is 34.1 Å². The summed E-state index contributed by atoms with van der Waals surface area (Å²) in [6.45, 7) is 0. The summed E-state index contributed by atoms with van der Waals surface area (Å²) < 4.78 is 1.71. The number of hydrogen-bond acceptors (Lipinski definition) is 7. The number of aromatic nitrogens is 5. The Bertz CT molecular complexity index is 1180. The van der Waals surface area contributed by atoms with E-state index in [0.29, 0.717) is 33.7 Å². The topological polar surface area (TPSA) is 104 Å². The van der Waals surface area contributed by atoms with Gasteiger partial charge in [-0.3, -0.25) is 0 Å². The van der Waals surface area contributed by atoms with E-state index in [-0.39, 0.29) is 0 Å². The molecule has 3 aromatic heterocycles. The highest BCUT2D eigenvalue weighted by Gasteiger charge is 2.11. The first-order chi connectivity index (χ1) is 13.2. The molecule has 132 valence electrons. The molecule has 4 rings (SSSR count). The maximum Gasteiger partial charge on any atom is 0.137 e. The van der Waals surface area contributed by atoms with Gasteiger partial charge in [0.15, 0.2) is 0 Å². The highest BCUT2D eigenvalue weighted by atomic mass is 35.5. The number of benzene rings is 1. The van der Waals surface area contributed by atoms with Gasteiger partial charge in [-0.2, -0.15) is 10.4 Å². The first-order valence-electron chi connectivity index (χ1n) is 7.98. The minimum absolute atomic E-state index is 0.444. The molecule has 1 aromatic carbocycles. The Kier molecular flexibility index (Phi) is 4.28. The van der Waals surface area contributed by atoms with Crippen LogP contribution in [-0.2, 0) is 0 Å². The van der Waals surface area contributed by atoms with Gasteiger partial charge in [0.25, 0.3) is 0 Å². The largest absolute Gasteiger partial charge is 0.373 e. The Morgan fingerprint density at radius 2 is 1.85 bits per heavy atom. The van der Waals surface area contributed by atoms with Gasteiger partial charge in [0, 0.05) is 30.8 Å². The van der Waals surface area contributed by atoms with E-state index in [4.69, 9.17) is 16.9 Å². The molecule has 4 aromatic rings. The fourth-order valence-corrected chi connectivity index (χ4v) is 2.88. The maximum atomic E-state index is 9.01. The molecule has 0 fully saturated rings. The lowest BCUT2D eigenvalue weighted by atomic mass is 10.2. The van der Waals surface area contributed by atoms with Gasteiger partial charge < -0.3 is 10.6 Å². The van der Waals surface area contributed by atoms with Crippen molar-refractivity contribution in [1.29, 1.82) is 5.26 Å². The molecule has 8 nitrogen and oxygen atoms in total. The van der Waals surface area contributed by atoms with E-state index in [1.165, 1.54) is 6.33 Å². The number of anilines is 3. The smallest absolute Gasteiger partial charge is 0.137 e. The molecule has 2 N–H and O–H groups in total. The Balaban J connectivity index is 1.74. The van der Waals surface area contributed by atoms with Crippen molar-refractivity contribution >= 4 is 40.0 Å². The number of pyridine rings is 1. The number of rotatable bonds is 4. The fourth-order valence-electron chi connectivity index (χ4n) is 2.62. The van der Waals surface area contributed by atoms with Crippen molar-refractivity contribution in [2.75, 3.05) is 17.7 Å². The Morgan fingerprint density at radius 1 is 1.04 bits per heavy atom. The summed E-state index contributed by atoms with van der Waals surface area (Å²) in [5.74, 6) is 1.92. The van der Waals surface area contributed by atoms with Crippen LogP contribution in [0.1, 0.15) is 5.56 Å². The zero-order valence-electron chi connectivity index (χ0n) is 14.2. The number of nitrogens with zero attached hydrogens (tertiary/aromatic N) is 6. The van der Waals surface area contributed by atoms with Gasteiger partial charge in [-0.15, -0.1) is 0 Å². The third-order valence-corrected chi connectivity index (χ3v) is 4.24. The molecule has 9 heteroatoms. The molecule has 27 heavy (non-hydrogen) atoms. The fraction of sp³-hybridized carbons (Fsp3) is 0.0556. The predicted octanol–water partition coefficient (Wildman–Crippen LogP) is 3.52. The molecular weight excluding hydrogens is 364 g/mol. The van der Waals surface area contributed by atoms with Gasteiger partial charge >= 0.3 is 0 Å². The van der Waals surface area contributed by atoms with Gasteiger partial charge in [0.2, 0.25) is 0 Å². The van der Waals surface area contributed by atoms with Crippen molar-refractivity contribution in [2.45, 2.75) is 0 Å². The second-order valence-corrected chi connectivity index (χ2v) is 6.03. The molecule has 0 amide bonds. The van der Waals surface area contributed by atoms with Crippen LogP contribution in [-0.4, -0.2) is 31.8 Å². The van der Waals surface area contributed by atoms with Gasteiger partial charge in [0.1, 0.15) is 23.8 Å². The third kappa shape index (κ3) is 3.23. The lowest BCUT2D eigenvalue weighted by Gasteiger charge is -2.09. The summed E-state index contributed by atoms with van der Waals surface area (Å²) in [6.07, 6.45) is 4.90. The van der Waals surface area contributed by atoms with Gasteiger partial charge in [-0.25, -0.2) is 19.6 Å². The van der Waals surface area contributed by atoms with E-state index in [1.54, 1.807) is 48.4 Å². The van der Waals surface area contributed by atoms with Crippen LogP contribution in [0.25, 0.3) is 16.6 Å². The standard InChI is InChI=1S/C18H13ClN8/c1-21-16-6-18(24-10-23-16)26-17-5-15-12(8-22-17)9-25-27(15)14-3-2-11(7-20)4-13(14)19/h2-6,8-10H,1H3,(H2,21,22,23,24,26). The second-order valence-electron chi connectivity index (χ2n) is 5.63.